The molecule has 0 spiro atoms. The first-order valence-electron chi connectivity index (χ1n) is 7.55. The molecule has 0 unspecified atom stereocenters. The van der Waals surface area contributed by atoms with Crippen LogP contribution in [0.1, 0.15) is 10.4 Å². The second-order valence-corrected chi connectivity index (χ2v) is 5.84. The zero-order valence-electron chi connectivity index (χ0n) is 13.1. The number of hydrogen-bond donors (Lipinski definition) is 1. The predicted molar refractivity (Wildman–Crippen MR) is 92.9 cm³/mol. The lowest BCUT2D eigenvalue weighted by atomic mass is 10.2. The van der Waals surface area contributed by atoms with E-state index < -0.39 is 0 Å². The van der Waals surface area contributed by atoms with Crippen LogP contribution in [0, 0.1) is 5.82 Å². The van der Waals surface area contributed by atoms with E-state index in [1.54, 1.807) is 42.6 Å². The highest BCUT2D eigenvalue weighted by Gasteiger charge is 2.06. The van der Waals surface area contributed by atoms with E-state index >= 15 is 0 Å². The third-order valence-corrected chi connectivity index (χ3v) is 3.85. The van der Waals surface area contributed by atoms with Crippen LogP contribution in [0.5, 0.6) is 16.7 Å². The fourth-order valence-corrected chi connectivity index (χ4v) is 2.51. The summed E-state index contributed by atoms with van der Waals surface area (Å²) in [5.74, 6) is 0.650. The molecule has 0 bridgehead atoms. The maximum absolute atomic E-state index is 12.8. The normalized spacial score (nSPS) is 10.3. The third kappa shape index (κ3) is 5.02. The molecule has 0 aliphatic rings. The lowest BCUT2D eigenvalue weighted by Gasteiger charge is -2.08. The zero-order valence-corrected chi connectivity index (χ0v) is 14.0. The van der Waals surface area contributed by atoms with Gasteiger partial charge in [-0.3, -0.25) is 4.79 Å². The number of nitrogens with zero attached hydrogens (tertiary/aromatic N) is 1. The Kier molecular flexibility index (Phi) is 5.58. The number of thiazole rings is 1. The summed E-state index contributed by atoms with van der Waals surface area (Å²) in [6.07, 6.45) is 1.66. The molecule has 1 N–H and O–H groups in total. The van der Waals surface area contributed by atoms with Crippen LogP contribution >= 0.6 is 11.3 Å². The van der Waals surface area contributed by atoms with Crippen molar-refractivity contribution in [3.05, 3.63) is 71.5 Å². The van der Waals surface area contributed by atoms with Crippen LogP contribution in [0.3, 0.4) is 0 Å². The van der Waals surface area contributed by atoms with Gasteiger partial charge in [-0.25, -0.2) is 9.37 Å². The Morgan fingerprint density at radius 1 is 1.08 bits per heavy atom. The Morgan fingerprint density at radius 3 is 2.48 bits per heavy atom. The number of aromatic nitrogens is 1. The van der Waals surface area contributed by atoms with Crippen molar-refractivity contribution in [1.29, 1.82) is 0 Å². The van der Waals surface area contributed by atoms with Crippen LogP contribution in [0.25, 0.3) is 0 Å². The Morgan fingerprint density at radius 2 is 1.80 bits per heavy atom. The lowest BCUT2D eigenvalue weighted by molar-refractivity contribution is 0.0947. The topological polar surface area (TPSA) is 60.5 Å². The first kappa shape index (κ1) is 16.9. The van der Waals surface area contributed by atoms with Crippen molar-refractivity contribution in [3.8, 4) is 16.7 Å². The highest BCUT2D eigenvalue weighted by Crippen LogP contribution is 2.23. The molecule has 3 rings (SSSR count). The van der Waals surface area contributed by atoms with E-state index in [-0.39, 0.29) is 11.7 Å². The van der Waals surface area contributed by atoms with E-state index in [1.807, 2.05) is 5.38 Å². The number of ether oxygens (including phenoxy) is 2. The van der Waals surface area contributed by atoms with Gasteiger partial charge in [0.2, 0.25) is 0 Å². The summed E-state index contributed by atoms with van der Waals surface area (Å²) in [7, 11) is 0. The molecule has 7 heteroatoms. The number of carbonyl (C=O) groups is 1. The number of hydrogen-bond acceptors (Lipinski definition) is 5. The number of benzene rings is 2. The summed E-state index contributed by atoms with van der Waals surface area (Å²) in [5, 5.41) is 5.13. The number of rotatable bonds is 7. The van der Waals surface area contributed by atoms with Crippen molar-refractivity contribution < 1.29 is 18.7 Å². The molecule has 1 aromatic heterocycles. The van der Waals surface area contributed by atoms with E-state index in [2.05, 4.69) is 10.3 Å². The minimum atomic E-state index is -0.317. The van der Waals surface area contributed by atoms with E-state index in [9.17, 15) is 9.18 Å². The van der Waals surface area contributed by atoms with Gasteiger partial charge in [-0.05, 0) is 48.5 Å². The molecule has 0 atom stereocenters. The van der Waals surface area contributed by atoms with Gasteiger partial charge in [0.1, 0.15) is 23.9 Å². The van der Waals surface area contributed by atoms with Gasteiger partial charge >= 0.3 is 0 Å². The summed E-state index contributed by atoms with van der Waals surface area (Å²) < 4.78 is 23.7. The first-order valence-corrected chi connectivity index (χ1v) is 8.43. The van der Waals surface area contributed by atoms with Crippen molar-refractivity contribution >= 4 is 17.2 Å². The summed E-state index contributed by atoms with van der Waals surface area (Å²) in [4.78, 5) is 16.1. The van der Waals surface area contributed by atoms with E-state index in [0.717, 1.165) is 0 Å². The Bertz CT molecular complexity index is 805. The number of halogens is 1. The Balaban J connectivity index is 1.44. The largest absolute Gasteiger partial charge is 0.492 e. The van der Waals surface area contributed by atoms with Crippen molar-refractivity contribution in [3.63, 3.8) is 0 Å². The smallest absolute Gasteiger partial charge is 0.278 e. The Labute approximate surface area is 148 Å². The molecule has 0 saturated carbocycles. The summed E-state index contributed by atoms with van der Waals surface area (Å²) in [5.41, 5.74) is 0.522. The van der Waals surface area contributed by atoms with Crippen molar-refractivity contribution in [2.75, 3.05) is 13.2 Å². The fourth-order valence-electron chi connectivity index (χ4n) is 2.00. The van der Waals surface area contributed by atoms with E-state index in [0.29, 0.717) is 35.4 Å². The van der Waals surface area contributed by atoms with Gasteiger partial charge in [0.05, 0.1) is 6.54 Å². The number of carbonyl (C=O) groups excluding carboxylic acids is 1. The highest BCUT2D eigenvalue weighted by atomic mass is 32.1. The summed E-state index contributed by atoms with van der Waals surface area (Å²) in [6.45, 7) is 0.635. The third-order valence-electron chi connectivity index (χ3n) is 3.20. The second-order valence-electron chi connectivity index (χ2n) is 4.98. The molecular formula is C18H15FN2O3S. The van der Waals surface area contributed by atoms with Gasteiger partial charge in [-0.15, -0.1) is 0 Å². The fraction of sp³-hybridized carbons (Fsp3) is 0.111. The maximum atomic E-state index is 12.8. The van der Waals surface area contributed by atoms with Crippen LogP contribution in [-0.4, -0.2) is 24.0 Å². The van der Waals surface area contributed by atoms with Crippen molar-refractivity contribution in [2.45, 2.75) is 0 Å². The quantitative estimate of drug-likeness (QED) is 0.651. The van der Waals surface area contributed by atoms with Gasteiger partial charge in [-0.1, -0.05) is 11.3 Å². The lowest BCUT2D eigenvalue weighted by Crippen LogP contribution is -2.28. The molecule has 0 fully saturated rings. The molecule has 0 aliphatic heterocycles. The second kappa shape index (κ2) is 8.25. The van der Waals surface area contributed by atoms with Gasteiger partial charge in [0, 0.05) is 17.1 Å². The van der Waals surface area contributed by atoms with Gasteiger partial charge in [0.25, 0.3) is 11.1 Å². The van der Waals surface area contributed by atoms with E-state index in [4.69, 9.17) is 9.47 Å². The minimum Gasteiger partial charge on any atom is -0.492 e. The average Bonchev–Trinajstić information content (AvgIpc) is 3.14. The summed E-state index contributed by atoms with van der Waals surface area (Å²) >= 11 is 1.39. The average molecular weight is 358 g/mol. The van der Waals surface area contributed by atoms with Crippen LogP contribution < -0.4 is 14.8 Å². The van der Waals surface area contributed by atoms with Gasteiger partial charge in [-0.2, -0.15) is 0 Å². The zero-order chi connectivity index (χ0) is 17.5. The SMILES string of the molecule is O=C(NCCOc1ccc(F)cc1)c1ccc(Oc2nccs2)cc1. The molecule has 128 valence electrons. The number of nitrogens with one attached hydrogen (secondary N) is 1. The molecule has 1 amide bonds. The van der Waals surface area contributed by atoms with E-state index in [1.165, 1.54) is 23.5 Å². The molecule has 2 aromatic carbocycles. The van der Waals surface area contributed by atoms with Crippen LogP contribution in [0.15, 0.2) is 60.1 Å². The molecule has 5 nitrogen and oxygen atoms in total. The maximum Gasteiger partial charge on any atom is 0.278 e. The number of amides is 1. The van der Waals surface area contributed by atoms with Gasteiger partial charge in [0.15, 0.2) is 0 Å². The predicted octanol–water partition coefficient (Wildman–Crippen LogP) is 3.88. The molecule has 0 aliphatic carbocycles. The monoisotopic (exact) mass is 358 g/mol. The standard InChI is InChI=1S/C18H15FN2O3S/c19-14-3-7-15(8-4-14)23-11-9-20-17(22)13-1-5-16(6-2-13)24-18-21-10-12-25-18/h1-8,10,12H,9,11H2,(H,20,22). The van der Waals surface area contributed by atoms with Crippen molar-refractivity contribution in [1.82, 2.24) is 10.3 Å². The van der Waals surface area contributed by atoms with Crippen molar-refractivity contribution in [2.24, 2.45) is 0 Å². The first-order chi connectivity index (χ1) is 12.2. The van der Waals surface area contributed by atoms with Crippen LogP contribution in [-0.2, 0) is 0 Å². The minimum absolute atomic E-state index is 0.205. The Hall–Kier alpha value is -2.93. The van der Waals surface area contributed by atoms with Crippen LogP contribution in [0.4, 0.5) is 4.39 Å². The highest BCUT2D eigenvalue weighted by molar-refractivity contribution is 7.11. The molecule has 3 aromatic rings. The van der Waals surface area contributed by atoms with Crippen LogP contribution in [0.2, 0.25) is 0 Å². The molecule has 25 heavy (non-hydrogen) atoms. The summed E-state index contributed by atoms with van der Waals surface area (Å²) in [6, 6.07) is 12.5. The molecular weight excluding hydrogens is 343 g/mol. The molecule has 0 radical (unpaired) electrons. The van der Waals surface area contributed by atoms with Gasteiger partial charge < -0.3 is 14.8 Å². The molecule has 0 saturated heterocycles. The molecule has 1 heterocycles.